The van der Waals surface area contributed by atoms with Crippen LogP contribution in [0.15, 0.2) is 30.3 Å². The zero-order valence-corrected chi connectivity index (χ0v) is 13.0. The van der Waals surface area contributed by atoms with Gasteiger partial charge in [-0.2, -0.15) is 0 Å². The van der Waals surface area contributed by atoms with Gasteiger partial charge in [0.05, 0.1) is 18.8 Å². The zero-order valence-electron chi connectivity index (χ0n) is 13.0. The third kappa shape index (κ3) is 3.48. The van der Waals surface area contributed by atoms with Gasteiger partial charge < -0.3 is 4.74 Å². The van der Waals surface area contributed by atoms with Gasteiger partial charge >= 0.3 is 5.97 Å². The van der Waals surface area contributed by atoms with Crippen LogP contribution in [0.4, 0.5) is 0 Å². The lowest BCUT2D eigenvalue weighted by atomic mass is 9.90. The van der Waals surface area contributed by atoms with Crippen LogP contribution in [0.25, 0.3) is 0 Å². The van der Waals surface area contributed by atoms with Crippen LogP contribution >= 0.6 is 0 Å². The van der Waals surface area contributed by atoms with E-state index in [4.69, 9.17) is 4.74 Å². The summed E-state index contributed by atoms with van der Waals surface area (Å²) < 4.78 is 6.85. The lowest BCUT2D eigenvalue weighted by molar-refractivity contribution is 0.0516. The lowest BCUT2D eigenvalue weighted by Gasteiger charge is -2.20. The van der Waals surface area contributed by atoms with Crippen LogP contribution < -0.4 is 0 Å². The van der Waals surface area contributed by atoms with Crippen molar-refractivity contribution in [3.63, 3.8) is 0 Å². The molecule has 5 heteroatoms. The van der Waals surface area contributed by atoms with Crippen LogP contribution in [-0.4, -0.2) is 27.6 Å². The Hall–Kier alpha value is -2.17. The predicted octanol–water partition coefficient (Wildman–Crippen LogP) is 2.80. The first-order valence-electron chi connectivity index (χ1n) is 7.08. The second-order valence-electron chi connectivity index (χ2n) is 5.90. The number of hydrogen-bond donors (Lipinski definition) is 0. The molecule has 0 amide bonds. The Bertz CT molecular complexity index is 612. The number of carbonyl (C=O) groups excluding carboxylic acids is 1. The average molecular weight is 287 g/mol. The molecule has 0 aliphatic carbocycles. The second kappa shape index (κ2) is 6.08. The number of esters is 1. The zero-order chi connectivity index (χ0) is 15.5. The third-order valence-corrected chi connectivity index (χ3v) is 3.09. The van der Waals surface area contributed by atoms with E-state index in [-0.39, 0.29) is 5.41 Å². The first kappa shape index (κ1) is 15.2. The number of benzene rings is 1. The molecule has 0 aliphatic rings. The molecule has 112 valence electrons. The van der Waals surface area contributed by atoms with E-state index in [1.54, 1.807) is 11.6 Å². The molecule has 1 aromatic carbocycles. The van der Waals surface area contributed by atoms with Gasteiger partial charge in [-0.15, -0.1) is 5.10 Å². The summed E-state index contributed by atoms with van der Waals surface area (Å²) in [5, 5.41) is 8.18. The van der Waals surface area contributed by atoms with Gasteiger partial charge in [-0.25, -0.2) is 9.48 Å². The maximum atomic E-state index is 12.0. The fraction of sp³-hybridized carbons (Fsp3) is 0.438. The van der Waals surface area contributed by atoms with Crippen molar-refractivity contribution in [3.05, 3.63) is 47.3 Å². The molecule has 0 N–H and O–H groups in total. The summed E-state index contributed by atoms with van der Waals surface area (Å²) in [5.74, 6) is -0.415. The molecule has 1 heterocycles. The standard InChI is InChI=1S/C16H21N3O2/c1-5-21-15(20)13-14(16(2,3)4)19(18-17-13)11-12-9-7-6-8-10-12/h6-10H,5,11H2,1-4H3. The molecule has 0 saturated carbocycles. The topological polar surface area (TPSA) is 57.0 Å². The first-order valence-corrected chi connectivity index (χ1v) is 7.08. The van der Waals surface area contributed by atoms with Crippen molar-refractivity contribution >= 4 is 5.97 Å². The molecular weight excluding hydrogens is 266 g/mol. The van der Waals surface area contributed by atoms with Gasteiger partial charge in [-0.1, -0.05) is 56.3 Å². The van der Waals surface area contributed by atoms with E-state index in [9.17, 15) is 4.79 Å². The number of carbonyl (C=O) groups is 1. The summed E-state index contributed by atoms with van der Waals surface area (Å²) in [6.07, 6.45) is 0. The summed E-state index contributed by atoms with van der Waals surface area (Å²) >= 11 is 0. The summed E-state index contributed by atoms with van der Waals surface area (Å²) in [6.45, 7) is 8.80. The van der Waals surface area contributed by atoms with Crippen LogP contribution in [0.5, 0.6) is 0 Å². The maximum absolute atomic E-state index is 12.0. The Morgan fingerprint density at radius 1 is 1.24 bits per heavy atom. The molecule has 0 bridgehead atoms. The van der Waals surface area contributed by atoms with Crippen molar-refractivity contribution in [2.24, 2.45) is 0 Å². The van der Waals surface area contributed by atoms with Crippen LogP contribution in [0.1, 0.15) is 49.4 Å². The van der Waals surface area contributed by atoms with E-state index in [1.165, 1.54) is 0 Å². The smallest absolute Gasteiger partial charge is 0.360 e. The Labute approximate surface area is 124 Å². The minimum Gasteiger partial charge on any atom is -0.461 e. The van der Waals surface area contributed by atoms with Gasteiger partial charge in [0.1, 0.15) is 0 Å². The Morgan fingerprint density at radius 2 is 1.90 bits per heavy atom. The molecule has 0 saturated heterocycles. The van der Waals surface area contributed by atoms with Gasteiger partial charge in [-0.3, -0.25) is 0 Å². The minimum absolute atomic E-state index is 0.250. The molecule has 0 spiro atoms. The lowest BCUT2D eigenvalue weighted by Crippen LogP contribution is -2.23. The fourth-order valence-electron chi connectivity index (χ4n) is 2.26. The Kier molecular flexibility index (Phi) is 4.40. The molecule has 2 rings (SSSR count). The average Bonchev–Trinajstić information content (AvgIpc) is 2.84. The Balaban J connectivity index is 2.40. The normalized spacial score (nSPS) is 11.4. The first-order chi connectivity index (χ1) is 9.93. The fourth-order valence-corrected chi connectivity index (χ4v) is 2.26. The number of hydrogen-bond acceptors (Lipinski definition) is 4. The maximum Gasteiger partial charge on any atom is 0.360 e. The van der Waals surface area contributed by atoms with Gasteiger partial charge in [0.25, 0.3) is 0 Å². The van der Waals surface area contributed by atoms with E-state index in [2.05, 4.69) is 10.3 Å². The SMILES string of the molecule is CCOC(=O)c1nnn(Cc2ccccc2)c1C(C)(C)C. The molecule has 0 atom stereocenters. The van der Waals surface area contributed by atoms with Gasteiger partial charge in [0.2, 0.25) is 0 Å². The van der Waals surface area contributed by atoms with Crippen LogP contribution in [0.3, 0.4) is 0 Å². The highest BCUT2D eigenvalue weighted by molar-refractivity contribution is 5.88. The molecule has 0 unspecified atom stereocenters. The minimum atomic E-state index is -0.415. The van der Waals surface area contributed by atoms with Gasteiger partial charge in [0, 0.05) is 5.41 Å². The molecule has 0 fully saturated rings. The second-order valence-corrected chi connectivity index (χ2v) is 5.90. The van der Waals surface area contributed by atoms with Crippen LogP contribution in [0.2, 0.25) is 0 Å². The third-order valence-electron chi connectivity index (χ3n) is 3.09. The molecule has 21 heavy (non-hydrogen) atoms. The predicted molar refractivity (Wildman–Crippen MR) is 80.2 cm³/mol. The molecule has 0 radical (unpaired) electrons. The quantitative estimate of drug-likeness (QED) is 0.811. The number of aromatic nitrogens is 3. The van der Waals surface area contributed by atoms with Crippen LogP contribution in [-0.2, 0) is 16.7 Å². The number of rotatable bonds is 4. The van der Waals surface area contributed by atoms with Crippen molar-refractivity contribution < 1.29 is 9.53 Å². The molecule has 2 aromatic rings. The highest BCUT2D eigenvalue weighted by Gasteiger charge is 2.29. The molecule has 1 aromatic heterocycles. The van der Waals surface area contributed by atoms with Crippen LogP contribution in [0, 0.1) is 0 Å². The molecular formula is C16H21N3O2. The number of ether oxygens (including phenoxy) is 1. The van der Waals surface area contributed by atoms with E-state index < -0.39 is 5.97 Å². The monoisotopic (exact) mass is 287 g/mol. The summed E-state index contributed by atoms with van der Waals surface area (Å²) in [7, 11) is 0. The summed E-state index contributed by atoms with van der Waals surface area (Å²) in [4.78, 5) is 12.0. The van der Waals surface area contributed by atoms with Gasteiger partial charge in [-0.05, 0) is 12.5 Å². The van der Waals surface area contributed by atoms with Crippen molar-refractivity contribution in [2.45, 2.75) is 39.7 Å². The van der Waals surface area contributed by atoms with Gasteiger partial charge in [0.15, 0.2) is 5.69 Å². The highest BCUT2D eigenvalue weighted by Crippen LogP contribution is 2.25. The van der Waals surface area contributed by atoms with Crippen molar-refractivity contribution in [1.82, 2.24) is 15.0 Å². The highest BCUT2D eigenvalue weighted by atomic mass is 16.5. The molecule has 5 nitrogen and oxygen atoms in total. The van der Waals surface area contributed by atoms with Crippen molar-refractivity contribution in [2.75, 3.05) is 6.61 Å². The molecule has 0 aliphatic heterocycles. The van der Waals surface area contributed by atoms with E-state index in [0.29, 0.717) is 18.8 Å². The van der Waals surface area contributed by atoms with Crippen molar-refractivity contribution in [1.29, 1.82) is 0 Å². The Morgan fingerprint density at radius 3 is 2.48 bits per heavy atom. The largest absolute Gasteiger partial charge is 0.461 e. The number of nitrogens with zero attached hydrogens (tertiary/aromatic N) is 3. The van der Waals surface area contributed by atoms with Crippen molar-refractivity contribution in [3.8, 4) is 0 Å². The van der Waals surface area contributed by atoms with E-state index >= 15 is 0 Å². The van der Waals surface area contributed by atoms with E-state index in [0.717, 1.165) is 11.3 Å². The van der Waals surface area contributed by atoms with E-state index in [1.807, 2.05) is 51.1 Å². The summed E-state index contributed by atoms with van der Waals surface area (Å²) in [6, 6.07) is 9.99. The summed E-state index contributed by atoms with van der Waals surface area (Å²) in [5.41, 5.74) is 1.97.